The van der Waals surface area contributed by atoms with E-state index in [4.69, 9.17) is 10.4 Å². The third kappa shape index (κ3) is 4.50. The van der Waals surface area contributed by atoms with E-state index in [0.717, 1.165) is 0 Å². The molecule has 1 unspecified atom stereocenters. The number of rotatable bonds is 4. The molecule has 1 rings (SSSR count). The van der Waals surface area contributed by atoms with Crippen molar-refractivity contribution in [2.24, 2.45) is 5.92 Å². The number of carbonyl (C=O) groups is 1. The molecule has 0 aliphatic carbocycles. The molecular formula is C10H14F3N3O2. The van der Waals surface area contributed by atoms with Crippen LogP contribution in [-0.4, -0.2) is 66.3 Å². The topological polar surface area (TPSA) is 67.6 Å². The van der Waals surface area contributed by atoms with Crippen LogP contribution in [0.2, 0.25) is 0 Å². The van der Waals surface area contributed by atoms with E-state index >= 15 is 0 Å². The van der Waals surface area contributed by atoms with Crippen molar-refractivity contribution in [3.8, 4) is 6.07 Å². The van der Waals surface area contributed by atoms with Gasteiger partial charge in [0.25, 0.3) is 0 Å². The van der Waals surface area contributed by atoms with Crippen molar-refractivity contribution >= 4 is 5.97 Å². The molecular weight excluding hydrogens is 251 g/mol. The second kappa shape index (κ2) is 6.02. The fourth-order valence-electron chi connectivity index (χ4n) is 1.80. The van der Waals surface area contributed by atoms with E-state index in [-0.39, 0.29) is 13.1 Å². The number of carboxylic acids is 1. The van der Waals surface area contributed by atoms with Crippen LogP contribution in [0.1, 0.15) is 0 Å². The van der Waals surface area contributed by atoms with Crippen LogP contribution in [0.4, 0.5) is 13.2 Å². The summed E-state index contributed by atoms with van der Waals surface area (Å²) in [6.45, 7) is 1.06. The number of nitriles is 1. The van der Waals surface area contributed by atoms with Gasteiger partial charge in [-0.3, -0.25) is 14.6 Å². The number of nitrogens with zero attached hydrogens (tertiary/aromatic N) is 3. The van der Waals surface area contributed by atoms with Gasteiger partial charge in [0.2, 0.25) is 0 Å². The van der Waals surface area contributed by atoms with Crippen LogP contribution >= 0.6 is 0 Å². The molecule has 1 heterocycles. The number of piperazine rings is 1. The zero-order chi connectivity index (χ0) is 13.8. The lowest BCUT2D eigenvalue weighted by Crippen LogP contribution is -2.50. The van der Waals surface area contributed by atoms with Crippen molar-refractivity contribution in [2.75, 3.05) is 39.3 Å². The van der Waals surface area contributed by atoms with E-state index < -0.39 is 18.1 Å². The molecule has 5 nitrogen and oxygen atoms in total. The third-order valence-corrected chi connectivity index (χ3v) is 2.82. The Morgan fingerprint density at radius 3 is 2.17 bits per heavy atom. The van der Waals surface area contributed by atoms with Crippen molar-refractivity contribution in [1.82, 2.24) is 9.80 Å². The van der Waals surface area contributed by atoms with Gasteiger partial charge in [-0.1, -0.05) is 0 Å². The highest BCUT2D eigenvalue weighted by Gasteiger charge is 2.41. The van der Waals surface area contributed by atoms with Gasteiger partial charge in [0, 0.05) is 32.7 Å². The molecule has 1 fully saturated rings. The summed E-state index contributed by atoms with van der Waals surface area (Å²) >= 11 is 0. The van der Waals surface area contributed by atoms with Gasteiger partial charge in [-0.15, -0.1) is 0 Å². The Hall–Kier alpha value is -1.33. The summed E-state index contributed by atoms with van der Waals surface area (Å²) in [6, 6.07) is 1.26. The summed E-state index contributed by atoms with van der Waals surface area (Å²) in [5.41, 5.74) is 0. The summed E-state index contributed by atoms with van der Waals surface area (Å²) in [6.07, 6.45) is -4.51. The molecule has 1 aliphatic heterocycles. The summed E-state index contributed by atoms with van der Waals surface area (Å²) < 4.78 is 37.2. The summed E-state index contributed by atoms with van der Waals surface area (Å²) in [7, 11) is 0. The van der Waals surface area contributed by atoms with E-state index in [9.17, 15) is 18.0 Å². The van der Waals surface area contributed by atoms with Crippen LogP contribution in [0.5, 0.6) is 0 Å². The Balaban J connectivity index is 2.40. The first-order valence-electron chi connectivity index (χ1n) is 5.45. The van der Waals surface area contributed by atoms with Crippen LogP contribution < -0.4 is 0 Å². The quantitative estimate of drug-likeness (QED) is 0.796. The molecule has 102 valence electrons. The van der Waals surface area contributed by atoms with Crippen LogP contribution in [0.25, 0.3) is 0 Å². The number of hydrogen-bond acceptors (Lipinski definition) is 4. The zero-order valence-corrected chi connectivity index (χ0v) is 9.65. The van der Waals surface area contributed by atoms with E-state index in [2.05, 4.69) is 0 Å². The highest BCUT2D eigenvalue weighted by atomic mass is 19.4. The van der Waals surface area contributed by atoms with E-state index in [1.54, 1.807) is 9.80 Å². The Morgan fingerprint density at radius 2 is 1.78 bits per heavy atom. The molecule has 0 bridgehead atoms. The minimum Gasteiger partial charge on any atom is -0.480 e. The summed E-state index contributed by atoms with van der Waals surface area (Å²) in [4.78, 5) is 13.7. The highest BCUT2D eigenvalue weighted by Crippen LogP contribution is 2.26. The number of alkyl halides is 3. The lowest BCUT2D eigenvalue weighted by atomic mass is 10.1. The lowest BCUT2D eigenvalue weighted by Gasteiger charge is -2.34. The second-order valence-electron chi connectivity index (χ2n) is 4.19. The number of hydrogen-bond donors (Lipinski definition) is 1. The van der Waals surface area contributed by atoms with Crippen LogP contribution in [0.3, 0.4) is 0 Å². The van der Waals surface area contributed by atoms with Gasteiger partial charge in [-0.05, 0) is 0 Å². The summed E-state index contributed by atoms with van der Waals surface area (Å²) in [5, 5.41) is 17.1. The predicted molar refractivity (Wildman–Crippen MR) is 55.7 cm³/mol. The van der Waals surface area contributed by atoms with Crippen molar-refractivity contribution in [2.45, 2.75) is 6.18 Å². The fourth-order valence-corrected chi connectivity index (χ4v) is 1.80. The molecule has 1 saturated heterocycles. The maximum Gasteiger partial charge on any atom is 0.405 e. The lowest BCUT2D eigenvalue weighted by molar-refractivity contribution is -0.164. The van der Waals surface area contributed by atoms with Crippen molar-refractivity contribution in [3.05, 3.63) is 0 Å². The molecule has 1 aliphatic rings. The van der Waals surface area contributed by atoms with Gasteiger partial charge in [0.1, 0.15) is 0 Å². The van der Waals surface area contributed by atoms with Gasteiger partial charge >= 0.3 is 12.1 Å². The number of halogens is 3. The first kappa shape index (κ1) is 14.7. The molecule has 0 saturated carbocycles. The van der Waals surface area contributed by atoms with Crippen molar-refractivity contribution < 1.29 is 23.1 Å². The van der Waals surface area contributed by atoms with Crippen molar-refractivity contribution in [3.63, 3.8) is 0 Å². The molecule has 1 N–H and O–H groups in total. The molecule has 1 atom stereocenters. The van der Waals surface area contributed by atoms with Crippen LogP contribution in [0.15, 0.2) is 0 Å². The molecule has 0 spiro atoms. The Morgan fingerprint density at radius 1 is 1.28 bits per heavy atom. The number of aliphatic carboxylic acids is 1. The molecule has 0 aromatic rings. The van der Waals surface area contributed by atoms with Crippen molar-refractivity contribution in [1.29, 1.82) is 5.26 Å². The van der Waals surface area contributed by atoms with E-state index in [1.165, 1.54) is 6.07 Å². The average Bonchev–Trinajstić information content (AvgIpc) is 2.25. The largest absolute Gasteiger partial charge is 0.480 e. The predicted octanol–water partition coefficient (Wildman–Crippen LogP) is 0.391. The second-order valence-corrected chi connectivity index (χ2v) is 4.19. The Kier molecular flexibility index (Phi) is 4.93. The molecule has 8 heteroatoms. The molecule has 0 amide bonds. The van der Waals surface area contributed by atoms with E-state index in [1.807, 2.05) is 0 Å². The minimum atomic E-state index is -4.51. The van der Waals surface area contributed by atoms with Gasteiger partial charge in [-0.25, -0.2) is 0 Å². The van der Waals surface area contributed by atoms with Gasteiger partial charge < -0.3 is 5.11 Å². The van der Waals surface area contributed by atoms with Crippen LogP contribution in [0, 0.1) is 17.2 Å². The monoisotopic (exact) mass is 265 g/mol. The molecule has 0 aromatic carbocycles. The first-order chi connectivity index (χ1) is 8.32. The fraction of sp³-hybridized carbons (Fsp3) is 0.800. The SMILES string of the molecule is N#CC(CN1CCN(CC(=O)O)CC1)C(F)(F)F. The van der Waals surface area contributed by atoms with Crippen LogP contribution in [-0.2, 0) is 4.79 Å². The minimum absolute atomic E-state index is 0.102. The Bertz CT molecular complexity index is 332. The molecule has 18 heavy (non-hydrogen) atoms. The van der Waals surface area contributed by atoms with Gasteiger partial charge in [0.05, 0.1) is 12.6 Å². The summed E-state index contributed by atoms with van der Waals surface area (Å²) in [5.74, 6) is -2.93. The van der Waals surface area contributed by atoms with Gasteiger partial charge in [0.15, 0.2) is 5.92 Å². The van der Waals surface area contributed by atoms with Gasteiger partial charge in [-0.2, -0.15) is 18.4 Å². The highest BCUT2D eigenvalue weighted by molar-refractivity contribution is 5.69. The molecule has 0 aromatic heterocycles. The standard InChI is InChI=1S/C10H14F3N3O2/c11-10(12,13)8(5-14)6-15-1-3-16(4-2-15)7-9(17)18/h8H,1-4,6-7H2,(H,17,18). The maximum absolute atomic E-state index is 12.4. The normalized spacial score (nSPS) is 20.3. The Labute approximate surface area is 102 Å². The smallest absolute Gasteiger partial charge is 0.405 e. The first-order valence-corrected chi connectivity index (χ1v) is 5.45. The molecule has 0 radical (unpaired) electrons. The van der Waals surface area contributed by atoms with E-state index in [0.29, 0.717) is 26.2 Å². The average molecular weight is 265 g/mol. The third-order valence-electron chi connectivity index (χ3n) is 2.82. The number of carboxylic acid groups (broad SMARTS) is 1. The zero-order valence-electron chi connectivity index (χ0n) is 9.65. The maximum atomic E-state index is 12.4.